The standard InChI is InChI=1S/C21H16O4/c1-23-15-10-7-14(8-11-15)20-19(21(22)24-2)18-16-6-4-3-5-13(16)9-12-17(18)25-20/h3-12H,1-2H3. The van der Waals surface area contributed by atoms with Crippen molar-refractivity contribution in [3.63, 3.8) is 0 Å². The molecule has 4 rings (SSSR count). The first-order chi connectivity index (χ1) is 12.2. The molecule has 0 spiro atoms. The predicted molar refractivity (Wildman–Crippen MR) is 97.0 cm³/mol. The quantitative estimate of drug-likeness (QED) is 0.493. The smallest absolute Gasteiger partial charge is 0.342 e. The van der Waals surface area contributed by atoms with Gasteiger partial charge in [0, 0.05) is 10.9 Å². The van der Waals surface area contributed by atoms with Crippen LogP contribution < -0.4 is 4.74 Å². The van der Waals surface area contributed by atoms with Gasteiger partial charge in [-0.3, -0.25) is 0 Å². The number of furan rings is 1. The Bertz CT molecular complexity index is 1070. The van der Waals surface area contributed by atoms with Crippen molar-refractivity contribution >= 4 is 27.7 Å². The number of esters is 1. The number of hydrogen-bond acceptors (Lipinski definition) is 4. The Balaban J connectivity index is 2.06. The fraction of sp³-hybridized carbons (Fsp3) is 0.0952. The van der Waals surface area contributed by atoms with Crippen LogP contribution in [-0.4, -0.2) is 20.2 Å². The van der Waals surface area contributed by atoms with Gasteiger partial charge in [0.05, 0.1) is 14.2 Å². The van der Waals surface area contributed by atoms with Crippen molar-refractivity contribution in [1.29, 1.82) is 0 Å². The maximum absolute atomic E-state index is 12.5. The number of carbonyl (C=O) groups excluding carboxylic acids is 1. The molecule has 0 saturated heterocycles. The maximum atomic E-state index is 12.5. The van der Waals surface area contributed by atoms with Crippen LogP contribution in [-0.2, 0) is 4.74 Å². The molecule has 1 heterocycles. The highest BCUT2D eigenvalue weighted by Crippen LogP contribution is 2.38. The monoisotopic (exact) mass is 332 g/mol. The summed E-state index contributed by atoms with van der Waals surface area (Å²) in [6.07, 6.45) is 0. The normalized spacial score (nSPS) is 11.0. The molecule has 0 aliphatic carbocycles. The molecule has 0 radical (unpaired) electrons. The summed E-state index contributed by atoms with van der Waals surface area (Å²) in [5.74, 6) is 0.826. The van der Waals surface area contributed by atoms with Crippen molar-refractivity contribution in [3.05, 3.63) is 66.2 Å². The minimum absolute atomic E-state index is 0.416. The molecular formula is C21H16O4. The van der Waals surface area contributed by atoms with E-state index in [0.29, 0.717) is 16.9 Å². The Hall–Kier alpha value is -3.27. The fourth-order valence-corrected chi connectivity index (χ4v) is 3.11. The Kier molecular flexibility index (Phi) is 3.65. The van der Waals surface area contributed by atoms with E-state index in [-0.39, 0.29) is 0 Å². The number of fused-ring (bicyclic) bond motifs is 3. The van der Waals surface area contributed by atoms with Crippen LogP contribution in [0.3, 0.4) is 0 Å². The molecule has 25 heavy (non-hydrogen) atoms. The molecule has 124 valence electrons. The summed E-state index contributed by atoms with van der Waals surface area (Å²) < 4.78 is 16.3. The third-order valence-corrected chi connectivity index (χ3v) is 4.32. The molecule has 4 heteroatoms. The van der Waals surface area contributed by atoms with E-state index in [1.807, 2.05) is 60.7 Å². The van der Waals surface area contributed by atoms with Gasteiger partial charge >= 0.3 is 5.97 Å². The lowest BCUT2D eigenvalue weighted by atomic mass is 10.0. The van der Waals surface area contributed by atoms with Crippen molar-refractivity contribution < 1.29 is 18.7 Å². The predicted octanol–water partition coefficient (Wildman–Crippen LogP) is 5.05. The Morgan fingerprint density at radius 3 is 2.40 bits per heavy atom. The van der Waals surface area contributed by atoms with Gasteiger partial charge in [0.2, 0.25) is 0 Å². The highest BCUT2D eigenvalue weighted by molar-refractivity contribution is 6.18. The van der Waals surface area contributed by atoms with Crippen LogP contribution in [0.5, 0.6) is 5.75 Å². The number of hydrogen-bond donors (Lipinski definition) is 0. The van der Waals surface area contributed by atoms with E-state index in [2.05, 4.69) is 0 Å². The SMILES string of the molecule is COC(=O)c1c(-c2ccc(OC)cc2)oc2ccc3ccccc3c12. The minimum atomic E-state index is -0.416. The van der Waals surface area contributed by atoms with Gasteiger partial charge in [-0.2, -0.15) is 0 Å². The summed E-state index contributed by atoms with van der Waals surface area (Å²) in [4.78, 5) is 12.5. The zero-order valence-corrected chi connectivity index (χ0v) is 13.9. The first-order valence-electron chi connectivity index (χ1n) is 7.90. The van der Waals surface area contributed by atoms with Gasteiger partial charge in [-0.05, 0) is 41.1 Å². The summed E-state index contributed by atoms with van der Waals surface area (Å²) in [6, 6.07) is 19.2. The number of rotatable bonds is 3. The molecule has 0 bridgehead atoms. The molecular weight excluding hydrogens is 316 g/mol. The van der Waals surface area contributed by atoms with E-state index in [9.17, 15) is 4.79 Å². The molecule has 4 aromatic rings. The van der Waals surface area contributed by atoms with E-state index in [4.69, 9.17) is 13.9 Å². The largest absolute Gasteiger partial charge is 0.497 e. The van der Waals surface area contributed by atoms with Crippen LogP contribution in [0.4, 0.5) is 0 Å². The number of benzene rings is 3. The molecule has 0 aliphatic heterocycles. The Labute approximate surface area is 144 Å². The van der Waals surface area contributed by atoms with E-state index in [1.165, 1.54) is 7.11 Å². The average Bonchev–Trinajstić information content (AvgIpc) is 3.07. The second kappa shape index (κ2) is 5.98. The molecule has 0 saturated carbocycles. The number of ether oxygens (including phenoxy) is 2. The Morgan fingerprint density at radius 1 is 0.920 bits per heavy atom. The first-order valence-corrected chi connectivity index (χ1v) is 7.90. The second-order valence-corrected chi connectivity index (χ2v) is 5.69. The highest BCUT2D eigenvalue weighted by atomic mass is 16.5. The lowest BCUT2D eigenvalue weighted by Gasteiger charge is -2.04. The lowest BCUT2D eigenvalue weighted by molar-refractivity contribution is 0.0603. The molecule has 3 aromatic carbocycles. The average molecular weight is 332 g/mol. The number of carbonyl (C=O) groups is 1. The van der Waals surface area contributed by atoms with Crippen LogP contribution in [0.2, 0.25) is 0 Å². The zero-order chi connectivity index (χ0) is 17.4. The van der Waals surface area contributed by atoms with Crippen molar-refractivity contribution in [1.82, 2.24) is 0 Å². The first kappa shape index (κ1) is 15.3. The topological polar surface area (TPSA) is 48.7 Å². The second-order valence-electron chi connectivity index (χ2n) is 5.69. The molecule has 0 atom stereocenters. The molecule has 4 nitrogen and oxygen atoms in total. The van der Waals surface area contributed by atoms with Crippen LogP contribution in [0.25, 0.3) is 33.1 Å². The zero-order valence-electron chi connectivity index (χ0n) is 13.9. The summed E-state index contributed by atoms with van der Waals surface area (Å²) in [6.45, 7) is 0. The summed E-state index contributed by atoms with van der Waals surface area (Å²) >= 11 is 0. The fourth-order valence-electron chi connectivity index (χ4n) is 3.11. The summed E-state index contributed by atoms with van der Waals surface area (Å²) in [5.41, 5.74) is 1.89. The molecule has 0 N–H and O–H groups in total. The lowest BCUT2D eigenvalue weighted by Crippen LogP contribution is -2.02. The maximum Gasteiger partial charge on any atom is 0.342 e. The van der Waals surface area contributed by atoms with E-state index < -0.39 is 5.97 Å². The minimum Gasteiger partial charge on any atom is -0.497 e. The van der Waals surface area contributed by atoms with Gasteiger partial charge in [0.15, 0.2) is 0 Å². The van der Waals surface area contributed by atoms with Crippen molar-refractivity contribution in [2.24, 2.45) is 0 Å². The molecule has 0 unspecified atom stereocenters. The summed E-state index contributed by atoms with van der Waals surface area (Å²) in [7, 11) is 2.99. The molecule has 0 amide bonds. The van der Waals surface area contributed by atoms with Gasteiger partial charge in [-0.25, -0.2) is 4.79 Å². The van der Waals surface area contributed by atoms with Gasteiger partial charge in [-0.1, -0.05) is 30.3 Å². The Morgan fingerprint density at radius 2 is 1.68 bits per heavy atom. The van der Waals surface area contributed by atoms with Crippen LogP contribution in [0, 0.1) is 0 Å². The third-order valence-electron chi connectivity index (χ3n) is 4.32. The van der Waals surface area contributed by atoms with E-state index in [0.717, 1.165) is 27.5 Å². The summed E-state index contributed by atoms with van der Waals surface area (Å²) in [5, 5.41) is 2.78. The van der Waals surface area contributed by atoms with Crippen LogP contribution >= 0.6 is 0 Å². The van der Waals surface area contributed by atoms with Gasteiger partial charge < -0.3 is 13.9 Å². The van der Waals surface area contributed by atoms with Crippen LogP contribution in [0.15, 0.2) is 65.1 Å². The number of methoxy groups -OCH3 is 2. The molecule has 0 aliphatic rings. The highest BCUT2D eigenvalue weighted by Gasteiger charge is 2.24. The third kappa shape index (κ3) is 2.43. The van der Waals surface area contributed by atoms with Gasteiger partial charge in [0.1, 0.15) is 22.7 Å². The molecule has 0 fully saturated rings. The van der Waals surface area contributed by atoms with Crippen molar-refractivity contribution in [2.75, 3.05) is 14.2 Å². The van der Waals surface area contributed by atoms with Crippen molar-refractivity contribution in [3.8, 4) is 17.1 Å². The van der Waals surface area contributed by atoms with Gasteiger partial charge in [-0.15, -0.1) is 0 Å². The van der Waals surface area contributed by atoms with E-state index >= 15 is 0 Å². The van der Waals surface area contributed by atoms with E-state index in [1.54, 1.807) is 7.11 Å². The van der Waals surface area contributed by atoms with Gasteiger partial charge in [0.25, 0.3) is 0 Å². The van der Waals surface area contributed by atoms with Crippen molar-refractivity contribution in [2.45, 2.75) is 0 Å². The molecule has 1 aromatic heterocycles. The van der Waals surface area contributed by atoms with Crippen LogP contribution in [0.1, 0.15) is 10.4 Å².